The molecule has 2 amide bonds. The fourth-order valence-electron chi connectivity index (χ4n) is 0.916. The van der Waals surface area contributed by atoms with Crippen LogP contribution in [-0.4, -0.2) is 29.6 Å². The van der Waals surface area contributed by atoms with Crippen LogP contribution in [0.25, 0.3) is 0 Å². The van der Waals surface area contributed by atoms with Crippen molar-refractivity contribution in [2.75, 3.05) is 6.54 Å². The van der Waals surface area contributed by atoms with E-state index >= 15 is 0 Å². The van der Waals surface area contributed by atoms with Crippen molar-refractivity contribution >= 4 is 11.8 Å². The molecule has 0 fully saturated rings. The summed E-state index contributed by atoms with van der Waals surface area (Å²) in [4.78, 5) is 21.5. The van der Waals surface area contributed by atoms with Gasteiger partial charge in [-0.2, -0.15) is 0 Å². The number of unbranched alkanes of at least 4 members (excludes halogenated alkanes) is 1. The molecule has 14 heavy (non-hydrogen) atoms. The van der Waals surface area contributed by atoms with Gasteiger partial charge in [0.15, 0.2) is 0 Å². The number of hydrogen-bond acceptors (Lipinski definition) is 3. The van der Waals surface area contributed by atoms with Crippen LogP contribution < -0.4 is 11.1 Å². The van der Waals surface area contributed by atoms with Crippen LogP contribution in [0, 0.1) is 0 Å². The average molecular weight is 202 g/mol. The average Bonchev–Trinajstić information content (AvgIpc) is 2.14. The van der Waals surface area contributed by atoms with Crippen molar-refractivity contribution in [3.05, 3.63) is 0 Å². The molecule has 5 heteroatoms. The van der Waals surface area contributed by atoms with Crippen LogP contribution in [0.2, 0.25) is 0 Å². The molecule has 82 valence electrons. The maximum Gasteiger partial charge on any atom is 0.248 e. The van der Waals surface area contributed by atoms with Crippen LogP contribution in [0.1, 0.15) is 32.6 Å². The highest BCUT2D eigenvalue weighted by Gasteiger charge is 2.14. The molecule has 0 saturated heterocycles. The normalized spacial score (nSPS) is 12.1. The number of aliphatic hydroxyl groups is 1. The number of nitrogens with one attached hydrogen (secondary N) is 1. The lowest BCUT2D eigenvalue weighted by molar-refractivity contribution is -0.130. The number of hydrogen-bond donors (Lipinski definition) is 3. The summed E-state index contributed by atoms with van der Waals surface area (Å²) in [5.74, 6) is -0.940. The molecule has 4 N–H and O–H groups in total. The molecule has 0 aliphatic heterocycles. The molecule has 0 aromatic rings. The van der Waals surface area contributed by atoms with Gasteiger partial charge in [-0.1, -0.05) is 13.3 Å². The summed E-state index contributed by atoms with van der Waals surface area (Å²) in [6.07, 6.45) is 0.862. The first kappa shape index (κ1) is 12.9. The van der Waals surface area contributed by atoms with Crippen molar-refractivity contribution < 1.29 is 14.7 Å². The summed E-state index contributed by atoms with van der Waals surface area (Å²) < 4.78 is 0. The third kappa shape index (κ3) is 6.42. The molecule has 0 rings (SSSR count). The van der Waals surface area contributed by atoms with E-state index in [1.54, 1.807) is 0 Å². The van der Waals surface area contributed by atoms with Crippen molar-refractivity contribution in [3.63, 3.8) is 0 Å². The third-order valence-electron chi connectivity index (χ3n) is 1.80. The second-order valence-electron chi connectivity index (χ2n) is 3.17. The van der Waals surface area contributed by atoms with Crippen LogP contribution in [0.4, 0.5) is 0 Å². The Kier molecular flexibility index (Phi) is 6.74. The van der Waals surface area contributed by atoms with Crippen molar-refractivity contribution in [1.82, 2.24) is 5.32 Å². The first-order valence-electron chi connectivity index (χ1n) is 4.82. The van der Waals surface area contributed by atoms with Crippen LogP contribution in [0.5, 0.6) is 0 Å². The molecule has 1 unspecified atom stereocenters. The van der Waals surface area contributed by atoms with E-state index in [0.717, 1.165) is 12.8 Å². The van der Waals surface area contributed by atoms with Gasteiger partial charge in [0.1, 0.15) is 6.10 Å². The van der Waals surface area contributed by atoms with E-state index in [4.69, 9.17) is 5.73 Å². The van der Waals surface area contributed by atoms with Crippen molar-refractivity contribution in [2.24, 2.45) is 5.73 Å². The van der Waals surface area contributed by atoms with Crippen LogP contribution in [0.3, 0.4) is 0 Å². The summed E-state index contributed by atoms with van der Waals surface area (Å²) in [5.41, 5.74) is 4.88. The van der Waals surface area contributed by atoms with Gasteiger partial charge in [0, 0.05) is 13.0 Å². The van der Waals surface area contributed by atoms with Gasteiger partial charge in [0.2, 0.25) is 11.8 Å². The van der Waals surface area contributed by atoms with Gasteiger partial charge in [-0.15, -0.1) is 0 Å². The van der Waals surface area contributed by atoms with E-state index in [0.29, 0.717) is 6.54 Å². The van der Waals surface area contributed by atoms with Gasteiger partial charge in [-0.3, -0.25) is 9.59 Å². The van der Waals surface area contributed by atoms with Crippen molar-refractivity contribution in [2.45, 2.75) is 38.7 Å². The standard InChI is InChI=1S/C9H18N2O3/c1-2-3-6-11-9(14)7(12)4-5-8(10)13/h7,12H,2-6H2,1H3,(H2,10,13)(H,11,14). The van der Waals surface area contributed by atoms with Crippen LogP contribution in [0.15, 0.2) is 0 Å². The summed E-state index contributed by atoms with van der Waals surface area (Å²) in [6.45, 7) is 2.57. The van der Waals surface area contributed by atoms with E-state index < -0.39 is 17.9 Å². The summed E-state index contributed by atoms with van der Waals surface area (Å²) in [5, 5.41) is 11.8. The second-order valence-corrected chi connectivity index (χ2v) is 3.17. The fourth-order valence-corrected chi connectivity index (χ4v) is 0.916. The molecule has 1 atom stereocenters. The zero-order chi connectivity index (χ0) is 11.0. The van der Waals surface area contributed by atoms with Crippen LogP contribution in [-0.2, 0) is 9.59 Å². The smallest absolute Gasteiger partial charge is 0.248 e. The highest BCUT2D eigenvalue weighted by atomic mass is 16.3. The number of carbonyl (C=O) groups is 2. The van der Waals surface area contributed by atoms with Gasteiger partial charge in [0.05, 0.1) is 0 Å². The molecule has 0 aliphatic carbocycles. The predicted molar refractivity (Wildman–Crippen MR) is 52.4 cm³/mol. The second kappa shape index (κ2) is 7.32. The lowest BCUT2D eigenvalue weighted by Crippen LogP contribution is -2.35. The monoisotopic (exact) mass is 202 g/mol. The summed E-state index contributed by atoms with van der Waals surface area (Å²) in [6, 6.07) is 0. The Labute approximate surface area is 83.7 Å². The Bertz CT molecular complexity index is 194. The molecule has 0 aromatic carbocycles. The number of rotatable bonds is 7. The van der Waals surface area contributed by atoms with Gasteiger partial charge >= 0.3 is 0 Å². The largest absolute Gasteiger partial charge is 0.383 e. The minimum atomic E-state index is -1.13. The Morgan fingerprint density at radius 3 is 2.64 bits per heavy atom. The summed E-state index contributed by atoms with van der Waals surface area (Å²) in [7, 11) is 0. The van der Waals surface area contributed by atoms with Gasteiger partial charge < -0.3 is 16.2 Å². The first-order chi connectivity index (χ1) is 6.57. The van der Waals surface area contributed by atoms with E-state index in [2.05, 4.69) is 5.32 Å². The lowest BCUT2D eigenvalue weighted by atomic mass is 10.2. The zero-order valence-corrected chi connectivity index (χ0v) is 8.45. The third-order valence-corrected chi connectivity index (χ3v) is 1.80. The van der Waals surface area contributed by atoms with Gasteiger partial charge in [0.25, 0.3) is 0 Å². The topological polar surface area (TPSA) is 92.4 Å². The molecular weight excluding hydrogens is 184 g/mol. The highest BCUT2D eigenvalue weighted by molar-refractivity contribution is 5.81. The Hall–Kier alpha value is -1.10. The fraction of sp³-hybridized carbons (Fsp3) is 0.778. The number of primary amides is 1. The van der Waals surface area contributed by atoms with Gasteiger partial charge in [-0.25, -0.2) is 0 Å². The van der Waals surface area contributed by atoms with E-state index in [1.807, 2.05) is 6.92 Å². The molecule has 0 spiro atoms. The zero-order valence-electron chi connectivity index (χ0n) is 8.45. The minimum Gasteiger partial charge on any atom is -0.383 e. The number of aliphatic hydroxyl groups excluding tert-OH is 1. The first-order valence-corrected chi connectivity index (χ1v) is 4.82. The van der Waals surface area contributed by atoms with Gasteiger partial charge in [-0.05, 0) is 12.8 Å². The van der Waals surface area contributed by atoms with Crippen molar-refractivity contribution in [1.29, 1.82) is 0 Å². The number of amides is 2. The molecule has 0 bridgehead atoms. The summed E-state index contributed by atoms with van der Waals surface area (Å²) >= 11 is 0. The maximum atomic E-state index is 11.1. The molecule has 0 heterocycles. The van der Waals surface area contributed by atoms with Crippen LogP contribution >= 0.6 is 0 Å². The molecule has 0 saturated carbocycles. The Balaban J connectivity index is 3.59. The molecule has 5 nitrogen and oxygen atoms in total. The highest BCUT2D eigenvalue weighted by Crippen LogP contribution is 1.96. The molecule has 0 radical (unpaired) electrons. The number of carbonyl (C=O) groups excluding carboxylic acids is 2. The van der Waals surface area contributed by atoms with E-state index in [9.17, 15) is 14.7 Å². The predicted octanol–water partition coefficient (Wildman–Crippen LogP) is -0.471. The van der Waals surface area contributed by atoms with E-state index in [-0.39, 0.29) is 12.8 Å². The quantitative estimate of drug-likeness (QED) is 0.487. The Morgan fingerprint density at radius 1 is 1.50 bits per heavy atom. The Morgan fingerprint density at radius 2 is 2.14 bits per heavy atom. The minimum absolute atomic E-state index is 0.0301. The SMILES string of the molecule is CCCCNC(=O)C(O)CCC(N)=O. The molecular formula is C9H18N2O3. The van der Waals surface area contributed by atoms with Crippen molar-refractivity contribution in [3.8, 4) is 0 Å². The van der Waals surface area contributed by atoms with E-state index in [1.165, 1.54) is 0 Å². The molecule has 0 aromatic heterocycles. The number of nitrogens with two attached hydrogens (primary N) is 1. The lowest BCUT2D eigenvalue weighted by Gasteiger charge is -2.09. The maximum absolute atomic E-state index is 11.1. The molecule has 0 aliphatic rings.